The number of halogens is 1. The second-order valence-electron chi connectivity index (χ2n) is 5.47. The topological polar surface area (TPSA) is 97.6 Å². The molecule has 0 aliphatic heterocycles. The van der Waals surface area contributed by atoms with Crippen molar-refractivity contribution in [2.75, 3.05) is 6.61 Å². The molecule has 0 bridgehead atoms. The summed E-state index contributed by atoms with van der Waals surface area (Å²) >= 11 is 5.93. The number of ether oxygens (including phenoxy) is 1. The first kappa shape index (κ1) is 18.5. The zero-order valence-corrected chi connectivity index (χ0v) is 15.0. The van der Waals surface area contributed by atoms with Gasteiger partial charge in [-0.05, 0) is 37.3 Å². The van der Waals surface area contributed by atoms with Crippen molar-refractivity contribution in [3.8, 4) is 5.75 Å². The maximum absolute atomic E-state index is 12.3. The molecule has 0 aliphatic rings. The van der Waals surface area contributed by atoms with Crippen LogP contribution in [0.2, 0.25) is 5.02 Å². The number of amides is 2. The van der Waals surface area contributed by atoms with Crippen LogP contribution < -0.4 is 21.2 Å². The summed E-state index contributed by atoms with van der Waals surface area (Å²) in [6, 6.07) is 12.7. The van der Waals surface area contributed by atoms with Gasteiger partial charge < -0.3 is 9.15 Å². The van der Waals surface area contributed by atoms with Crippen molar-refractivity contribution >= 4 is 34.4 Å². The van der Waals surface area contributed by atoms with Gasteiger partial charge in [0.25, 0.3) is 11.8 Å². The maximum Gasteiger partial charge on any atom is 0.349 e. The molecule has 2 aromatic carbocycles. The zero-order valence-electron chi connectivity index (χ0n) is 14.2. The molecule has 0 atom stereocenters. The molecular weight excluding hydrogens is 372 g/mol. The monoisotopic (exact) mass is 386 g/mol. The minimum Gasteiger partial charge on any atom is -0.494 e. The van der Waals surface area contributed by atoms with Gasteiger partial charge in [0.05, 0.1) is 17.2 Å². The lowest BCUT2D eigenvalue weighted by Gasteiger charge is -2.08. The van der Waals surface area contributed by atoms with Crippen molar-refractivity contribution in [3.63, 3.8) is 0 Å². The third kappa shape index (κ3) is 4.09. The smallest absolute Gasteiger partial charge is 0.349 e. The Hall–Kier alpha value is -3.32. The third-order valence-corrected chi connectivity index (χ3v) is 4.00. The Morgan fingerprint density at radius 2 is 1.74 bits per heavy atom. The van der Waals surface area contributed by atoms with E-state index in [1.54, 1.807) is 36.4 Å². The molecule has 0 spiro atoms. The number of benzene rings is 2. The van der Waals surface area contributed by atoms with Gasteiger partial charge in [-0.15, -0.1) is 0 Å². The molecule has 0 radical (unpaired) electrons. The Morgan fingerprint density at radius 1 is 1.04 bits per heavy atom. The molecule has 3 aromatic rings. The van der Waals surface area contributed by atoms with Gasteiger partial charge in [0.1, 0.15) is 16.9 Å². The van der Waals surface area contributed by atoms with E-state index in [1.807, 2.05) is 6.92 Å². The molecule has 3 rings (SSSR count). The summed E-state index contributed by atoms with van der Waals surface area (Å²) in [6.07, 6.45) is 0. The number of hydrogen-bond acceptors (Lipinski definition) is 5. The number of hydrogen-bond donors (Lipinski definition) is 2. The molecule has 138 valence electrons. The molecule has 0 fully saturated rings. The lowest BCUT2D eigenvalue weighted by molar-refractivity contribution is 0.0844. The first-order valence-corrected chi connectivity index (χ1v) is 8.43. The highest BCUT2D eigenvalue weighted by Gasteiger charge is 2.16. The van der Waals surface area contributed by atoms with Gasteiger partial charge in [-0.1, -0.05) is 23.7 Å². The SMILES string of the molecule is CCOc1ccc2cc(C(=O)NNC(=O)c3ccccc3Cl)c(=O)oc2c1. The lowest BCUT2D eigenvalue weighted by Crippen LogP contribution is -2.43. The van der Waals surface area contributed by atoms with Crippen LogP contribution in [0.15, 0.2) is 57.7 Å². The molecule has 2 amide bonds. The molecular formula is C19H15ClN2O5. The minimum absolute atomic E-state index is 0.188. The Kier molecular flexibility index (Phi) is 5.42. The lowest BCUT2D eigenvalue weighted by atomic mass is 10.1. The van der Waals surface area contributed by atoms with Gasteiger partial charge in [-0.25, -0.2) is 4.79 Å². The van der Waals surface area contributed by atoms with Crippen molar-refractivity contribution in [2.24, 2.45) is 0 Å². The van der Waals surface area contributed by atoms with Crippen molar-refractivity contribution in [1.82, 2.24) is 10.9 Å². The Bertz CT molecular complexity index is 1080. The highest BCUT2D eigenvalue weighted by molar-refractivity contribution is 6.33. The quantitative estimate of drug-likeness (QED) is 0.530. The molecule has 27 heavy (non-hydrogen) atoms. The first-order chi connectivity index (χ1) is 13.0. The number of carbonyl (C=O) groups is 2. The van der Waals surface area contributed by atoms with Crippen LogP contribution in [0.3, 0.4) is 0 Å². The molecule has 0 aliphatic carbocycles. The molecule has 1 heterocycles. The average Bonchev–Trinajstić information content (AvgIpc) is 2.66. The van der Waals surface area contributed by atoms with E-state index < -0.39 is 17.4 Å². The predicted octanol–water partition coefficient (Wildman–Crippen LogP) is 2.92. The van der Waals surface area contributed by atoms with E-state index in [-0.39, 0.29) is 16.1 Å². The second kappa shape index (κ2) is 7.92. The summed E-state index contributed by atoms with van der Waals surface area (Å²) in [4.78, 5) is 36.4. The van der Waals surface area contributed by atoms with Crippen molar-refractivity contribution in [1.29, 1.82) is 0 Å². The number of rotatable bonds is 4. The summed E-state index contributed by atoms with van der Waals surface area (Å²) in [5.41, 5.74) is 3.80. The summed E-state index contributed by atoms with van der Waals surface area (Å²) in [7, 11) is 0. The number of fused-ring (bicyclic) bond motifs is 1. The summed E-state index contributed by atoms with van der Waals surface area (Å²) in [6.45, 7) is 2.31. The van der Waals surface area contributed by atoms with E-state index in [1.165, 1.54) is 12.1 Å². The Balaban J connectivity index is 1.78. The van der Waals surface area contributed by atoms with Crippen LogP contribution in [0.5, 0.6) is 5.75 Å². The number of nitrogens with one attached hydrogen (secondary N) is 2. The van der Waals surface area contributed by atoms with Crippen LogP contribution in [0.1, 0.15) is 27.6 Å². The highest BCUT2D eigenvalue weighted by atomic mass is 35.5. The van der Waals surface area contributed by atoms with Crippen LogP contribution in [-0.2, 0) is 0 Å². The molecule has 0 unspecified atom stereocenters. The maximum atomic E-state index is 12.3. The first-order valence-electron chi connectivity index (χ1n) is 8.05. The van der Waals surface area contributed by atoms with Crippen molar-refractivity contribution < 1.29 is 18.7 Å². The molecule has 0 saturated carbocycles. The third-order valence-electron chi connectivity index (χ3n) is 3.67. The van der Waals surface area contributed by atoms with E-state index in [9.17, 15) is 14.4 Å². The Morgan fingerprint density at radius 3 is 2.44 bits per heavy atom. The van der Waals surface area contributed by atoms with Gasteiger partial charge in [0, 0.05) is 11.5 Å². The van der Waals surface area contributed by atoms with Crippen molar-refractivity contribution in [3.05, 3.63) is 75.1 Å². The molecule has 1 aromatic heterocycles. The second-order valence-corrected chi connectivity index (χ2v) is 5.88. The van der Waals surface area contributed by atoms with E-state index in [2.05, 4.69) is 10.9 Å². The summed E-state index contributed by atoms with van der Waals surface area (Å²) < 4.78 is 10.5. The van der Waals surface area contributed by atoms with Gasteiger partial charge >= 0.3 is 5.63 Å². The van der Waals surface area contributed by atoms with E-state index in [0.717, 1.165) is 0 Å². The van der Waals surface area contributed by atoms with Crippen LogP contribution in [0.25, 0.3) is 11.0 Å². The van der Waals surface area contributed by atoms with Gasteiger partial charge in [-0.2, -0.15) is 0 Å². The molecule has 0 saturated heterocycles. The fourth-order valence-corrected chi connectivity index (χ4v) is 2.62. The van der Waals surface area contributed by atoms with E-state index in [4.69, 9.17) is 20.8 Å². The van der Waals surface area contributed by atoms with Gasteiger partial charge in [-0.3, -0.25) is 20.4 Å². The zero-order chi connectivity index (χ0) is 19.4. The van der Waals surface area contributed by atoms with Crippen LogP contribution in [0, 0.1) is 0 Å². The van der Waals surface area contributed by atoms with E-state index >= 15 is 0 Å². The summed E-state index contributed by atoms with van der Waals surface area (Å²) in [5, 5.41) is 0.778. The predicted molar refractivity (Wildman–Crippen MR) is 100 cm³/mol. The minimum atomic E-state index is -0.833. The van der Waals surface area contributed by atoms with Crippen molar-refractivity contribution in [2.45, 2.75) is 6.92 Å². The van der Waals surface area contributed by atoms with Crippen LogP contribution in [0.4, 0.5) is 0 Å². The van der Waals surface area contributed by atoms with Crippen LogP contribution in [-0.4, -0.2) is 18.4 Å². The van der Waals surface area contributed by atoms with Gasteiger partial charge in [0.2, 0.25) is 0 Å². The fraction of sp³-hybridized carbons (Fsp3) is 0.105. The standard InChI is InChI=1S/C19H15ClN2O5/c1-2-26-12-8-7-11-9-14(19(25)27-16(11)10-12)18(24)22-21-17(23)13-5-3-4-6-15(13)20/h3-10H,2H2,1H3,(H,21,23)(H,22,24). The van der Waals surface area contributed by atoms with E-state index in [0.29, 0.717) is 23.3 Å². The Labute approximate surface area is 158 Å². The largest absolute Gasteiger partial charge is 0.494 e. The normalized spacial score (nSPS) is 10.4. The average molecular weight is 387 g/mol. The molecule has 8 heteroatoms. The summed E-state index contributed by atoms with van der Waals surface area (Å²) in [5.74, 6) is -0.863. The molecule has 7 nitrogen and oxygen atoms in total. The van der Waals surface area contributed by atoms with Gasteiger partial charge in [0.15, 0.2) is 0 Å². The van der Waals surface area contributed by atoms with Crippen LogP contribution >= 0.6 is 11.6 Å². The number of hydrazine groups is 1. The highest BCUT2D eigenvalue weighted by Crippen LogP contribution is 2.20. The fourth-order valence-electron chi connectivity index (χ4n) is 2.40. The number of carbonyl (C=O) groups excluding carboxylic acids is 2. The molecule has 2 N–H and O–H groups in total.